The molecule has 0 saturated heterocycles. The fourth-order valence-electron chi connectivity index (χ4n) is 2.33. The van der Waals surface area contributed by atoms with Crippen LogP contribution in [0.4, 0.5) is 5.69 Å². The van der Waals surface area contributed by atoms with Gasteiger partial charge in [-0.05, 0) is 61.7 Å². The number of nitrogens with one attached hydrogen (secondary N) is 3. The molecule has 1 aliphatic carbocycles. The van der Waals surface area contributed by atoms with E-state index in [1.165, 1.54) is 6.21 Å². The lowest BCUT2D eigenvalue weighted by molar-refractivity contribution is -0.139. The second kappa shape index (κ2) is 9.50. The number of hydrazone groups is 1. The highest BCUT2D eigenvalue weighted by Gasteiger charge is 2.26. The molecule has 0 spiro atoms. The highest BCUT2D eigenvalue weighted by Crippen LogP contribution is 2.18. The lowest BCUT2D eigenvalue weighted by Crippen LogP contribution is -2.38. The van der Waals surface area contributed by atoms with Crippen LogP contribution in [0.5, 0.6) is 5.75 Å². The van der Waals surface area contributed by atoms with Crippen LogP contribution in [0.3, 0.4) is 0 Å². The van der Waals surface area contributed by atoms with Crippen molar-refractivity contribution in [2.75, 3.05) is 11.9 Å². The lowest BCUT2D eigenvalue weighted by Gasteiger charge is -2.08. The zero-order chi connectivity index (χ0) is 20.6. The Morgan fingerprint density at radius 2 is 1.72 bits per heavy atom. The molecule has 3 N–H and O–H groups in total. The molecule has 1 fully saturated rings. The maximum Gasteiger partial charge on any atom is 0.329 e. The van der Waals surface area contributed by atoms with Gasteiger partial charge in [-0.25, -0.2) is 5.43 Å². The molecule has 0 aliphatic heterocycles. The number of hydrogen-bond donors (Lipinski definition) is 3. The molecule has 0 unspecified atom stereocenters. The summed E-state index contributed by atoms with van der Waals surface area (Å²) in [5, 5.41) is 9.09. The molecule has 0 atom stereocenters. The first-order valence-corrected chi connectivity index (χ1v) is 9.23. The molecule has 3 amide bonds. The van der Waals surface area contributed by atoms with Gasteiger partial charge in [0.25, 0.3) is 5.91 Å². The number of carbonyl (C=O) groups excluding carboxylic acids is 3. The van der Waals surface area contributed by atoms with Crippen LogP contribution in [-0.2, 0) is 14.4 Å². The molecule has 0 radical (unpaired) electrons. The van der Waals surface area contributed by atoms with E-state index in [1.54, 1.807) is 24.3 Å². The number of hydrogen-bond acceptors (Lipinski definition) is 5. The number of anilines is 1. The second-order valence-electron chi connectivity index (χ2n) is 6.72. The molecule has 0 heterocycles. The first-order chi connectivity index (χ1) is 14.0. The SMILES string of the molecule is Cc1ccc(NC(=O)COc2ccc(/C=N\NC(=O)C(=O)NC3CC3)cc2)cc1. The molecule has 150 valence electrons. The molecule has 1 aliphatic rings. The molecular formula is C21H22N4O4. The predicted octanol–water partition coefficient (Wildman–Crippen LogP) is 1.74. The van der Waals surface area contributed by atoms with Gasteiger partial charge in [-0.2, -0.15) is 5.10 Å². The summed E-state index contributed by atoms with van der Waals surface area (Å²) in [6.45, 7) is 1.86. The first kappa shape index (κ1) is 20.1. The van der Waals surface area contributed by atoms with E-state index in [9.17, 15) is 14.4 Å². The average Bonchev–Trinajstić information content (AvgIpc) is 3.53. The number of aryl methyl sites for hydroxylation is 1. The summed E-state index contributed by atoms with van der Waals surface area (Å²) in [7, 11) is 0. The van der Waals surface area contributed by atoms with Gasteiger partial charge >= 0.3 is 11.8 Å². The second-order valence-corrected chi connectivity index (χ2v) is 6.72. The van der Waals surface area contributed by atoms with Crippen molar-refractivity contribution in [1.29, 1.82) is 0 Å². The van der Waals surface area contributed by atoms with E-state index in [0.29, 0.717) is 17.0 Å². The maximum absolute atomic E-state index is 11.9. The number of nitrogens with zero attached hydrogens (tertiary/aromatic N) is 1. The van der Waals surface area contributed by atoms with Crippen LogP contribution in [0.2, 0.25) is 0 Å². The third-order valence-corrected chi connectivity index (χ3v) is 4.08. The van der Waals surface area contributed by atoms with Gasteiger partial charge in [0.05, 0.1) is 6.21 Å². The number of ether oxygens (including phenoxy) is 1. The molecule has 0 aromatic heterocycles. The van der Waals surface area contributed by atoms with Crippen LogP contribution in [-0.4, -0.2) is 36.6 Å². The molecular weight excluding hydrogens is 372 g/mol. The normalized spacial score (nSPS) is 13.0. The largest absolute Gasteiger partial charge is 0.484 e. The highest BCUT2D eigenvalue weighted by molar-refractivity contribution is 6.35. The third-order valence-electron chi connectivity index (χ3n) is 4.08. The molecule has 1 saturated carbocycles. The van der Waals surface area contributed by atoms with Crippen molar-refractivity contribution >= 4 is 29.6 Å². The Morgan fingerprint density at radius 1 is 1.03 bits per heavy atom. The smallest absolute Gasteiger partial charge is 0.329 e. The van der Waals surface area contributed by atoms with Crippen LogP contribution in [0.25, 0.3) is 0 Å². The standard InChI is InChI=1S/C21H22N4O4/c1-14-2-6-16(7-3-14)23-19(26)13-29-18-10-4-15(5-11-18)12-22-25-21(28)20(27)24-17-8-9-17/h2-7,10-12,17H,8-9,13H2,1H3,(H,23,26)(H,24,27)(H,25,28)/b22-12-. The van der Waals surface area contributed by atoms with E-state index in [2.05, 4.69) is 21.2 Å². The Morgan fingerprint density at radius 3 is 2.38 bits per heavy atom. The monoisotopic (exact) mass is 394 g/mol. The van der Waals surface area contributed by atoms with Crippen LogP contribution in [0, 0.1) is 6.92 Å². The van der Waals surface area contributed by atoms with Crippen molar-refractivity contribution in [2.45, 2.75) is 25.8 Å². The molecule has 29 heavy (non-hydrogen) atoms. The molecule has 8 heteroatoms. The van der Waals surface area contributed by atoms with Crippen molar-refractivity contribution in [2.24, 2.45) is 5.10 Å². The summed E-state index contributed by atoms with van der Waals surface area (Å²) in [5.41, 5.74) is 4.70. The Hall–Kier alpha value is -3.68. The Balaban J connectivity index is 1.40. The minimum absolute atomic E-state index is 0.115. The first-order valence-electron chi connectivity index (χ1n) is 9.23. The van der Waals surface area contributed by atoms with E-state index in [0.717, 1.165) is 18.4 Å². The van der Waals surface area contributed by atoms with E-state index >= 15 is 0 Å². The van der Waals surface area contributed by atoms with Gasteiger partial charge in [-0.1, -0.05) is 17.7 Å². The quantitative estimate of drug-likeness (QED) is 0.378. The zero-order valence-corrected chi connectivity index (χ0v) is 16.0. The van der Waals surface area contributed by atoms with E-state index in [4.69, 9.17) is 4.74 Å². The Labute approximate surface area is 168 Å². The highest BCUT2D eigenvalue weighted by atomic mass is 16.5. The van der Waals surface area contributed by atoms with Crippen LogP contribution in [0.1, 0.15) is 24.0 Å². The van der Waals surface area contributed by atoms with Crippen molar-refractivity contribution in [3.8, 4) is 5.75 Å². The fraction of sp³-hybridized carbons (Fsp3) is 0.238. The van der Waals surface area contributed by atoms with Gasteiger partial charge < -0.3 is 15.4 Å². The predicted molar refractivity (Wildman–Crippen MR) is 109 cm³/mol. The minimum atomic E-state index is -0.798. The molecule has 8 nitrogen and oxygen atoms in total. The van der Waals surface area contributed by atoms with Crippen molar-refractivity contribution in [3.63, 3.8) is 0 Å². The Kier molecular flexibility index (Phi) is 6.57. The Bertz CT molecular complexity index is 903. The van der Waals surface area contributed by atoms with Crippen molar-refractivity contribution in [1.82, 2.24) is 10.7 Å². The van der Waals surface area contributed by atoms with Gasteiger partial charge in [-0.3, -0.25) is 14.4 Å². The van der Waals surface area contributed by atoms with Gasteiger partial charge in [-0.15, -0.1) is 0 Å². The summed E-state index contributed by atoms with van der Waals surface area (Å²) in [6.07, 6.45) is 3.23. The van der Waals surface area contributed by atoms with Crippen LogP contribution in [0.15, 0.2) is 53.6 Å². The number of amides is 3. The molecule has 2 aromatic rings. The molecule has 3 rings (SSSR count). The minimum Gasteiger partial charge on any atom is -0.484 e. The summed E-state index contributed by atoms with van der Waals surface area (Å²) < 4.78 is 5.46. The topological polar surface area (TPSA) is 109 Å². The number of rotatable bonds is 7. The average molecular weight is 394 g/mol. The van der Waals surface area contributed by atoms with Gasteiger partial charge in [0.1, 0.15) is 5.75 Å². The zero-order valence-electron chi connectivity index (χ0n) is 16.0. The summed E-state index contributed by atoms with van der Waals surface area (Å²) in [6, 6.07) is 14.4. The van der Waals surface area contributed by atoms with Crippen molar-refractivity contribution < 1.29 is 19.1 Å². The summed E-state index contributed by atoms with van der Waals surface area (Å²) in [4.78, 5) is 35.0. The van der Waals surface area contributed by atoms with Gasteiger partial charge in [0.15, 0.2) is 6.61 Å². The third kappa shape index (κ3) is 6.76. The van der Waals surface area contributed by atoms with E-state index < -0.39 is 11.8 Å². The lowest BCUT2D eigenvalue weighted by atomic mass is 10.2. The maximum atomic E-state index is 11.9. The van der Waals surface area contributed by atoms with Crippen molar-refractivity contribution in [3.05, 3.63) is 59.7 Å². The number of carbonyl (C=O) groups is 3. The van der Waals surface area contributed by atoms with Gasteiger partial charge in [0.2, 0.25) is 0 Å². The fourth-order valence-corrected chi connectivity index (χ4v) is 2.33. The molecule has 0 bridgehead atoms. The van der Waals surface area contributed by atoms with Crippen LogP contribution < -0.4 is 20.8 Å². The molecule has 2 aromatic carbocycles. The van der Waals surface area contributed by atoms with Crippen LogP contribution >= 0.6 is 0 Å². The van der Waals surface area contributed by atoms with Gasteiger partial charge in [0, 0.05) is 11.7 Å². The number of benzene rings is 2. The summed E-state index contributed by atoms with van der Waals surface area (Å²) >= 11 is 0. The summed E-state index contributed by atoms with van der Waals surface area (Å²) in [5.74, 6) is -1.22. The van der Waals surface area contributed by atoms with E-state index in [-0.39, 0.29) is 18.6 Å². The van der Waals surface area contributed by atoms with E-state index in [1.807, 2.05) is 31.2 Å².